The summed E-state index contributed by atoms with van der Waals surface area (Å²) in [6.45, 7) is 23.7. The van der Waals surface area contributed by atoms with Crippen LogP contribution in [0.1, 0.15) is 201 Å². The van der Waals surface area contributed by atoms with E-state index in [1.807, 2.05) is 0 Å². The average Bonchev–Trinajstić information content (AvgIpc) is 2.95. The summed E-state index contributed by atoms with van der Waals surface area (Å²) >= 11 is 0. The van der Waals surface area contributed by atoms with E-state index in [1.54, 1.807) is 49.7 Å². The minimum absolute atomic E-state index is 0.762. The number of rotatable bonds is 0. The molecule has 0 saturated heterocycles. The van der Waals surface area contributed by atoms with Crippen LogP contribution in [0.3, 0.4) is 0 Å². The molecule has 2 bridgehead atoms. The van der Waals surface area contributed by atoms with E-state index >= 15 is 0 Å². The first-order valence-corrected chi connectivity index (χ1v) is 22.1. The number of aryl methyl sites for hydroxylation is 2. The fraction of sp³-hybridized carbons (Fsp3) is 0.878. The van der Waals surface area contributed by atoms with E-state index in [0.717, 1.165) is 68.5 Å². The Bertz CT molecular complexity index is 1120. The molecule has 10 aliphatic rings. The predicted molar refractivity (Wildman–Crippen MR) is 214 cm³/mol. The number of fused-ring (bicyclic) bond motifs is 4. The smallest absolute Gasteiger partial charge is 0.0250 e. The zero-order chi connectivity index (χ0) is 35.2. The number of benzene rings is 1. The maximum Gasteiger partial charge on any atom is -0.0250 e. The molecule has 10 aliphatic carbocycles. The second-order valence-electron chi connectivity index (χ2n) is 22.8. The quantitative estimate of drug-likeness (QED) is 0.258. The van der Waals surface area contributed by atoms with Crippen LogP contribution < -0.4 is 0 Å². The first-order chi connectivity index (χ1) is 23.0. The summed E-state index contributed by atoms with van der Waals surface area (Å²) in [7, 11) is 0. The molecular formula is C49H82. The van der Waals surface area contributed by atoms with E-state index in [2.05, 4.69) is 87.4 Å². The third-order valence-electron chi connectivity index (χ3n) is 16.2. The Morgan fingerprint density at radius 3 is 1.20 bits per heavy atom. The van der Waals surface area contributed by atoms with Gasteiger partial charge in [0, 0.05) is 0 Å². The minimum Gasteiger partial charge on any atom is -0.0625 e. The molecule has 0 nitrogen and oxygen atoms in total. The molecule has 1 aromatic rings. The lowest BCUT2D eigenvalue weighted by molar-refractivity contribution is -0.176. The van der Waals surface area contributed by atoms with Gasteiger partial charge in [-0.25, -0.2) is 0 Å². The van der Waals surface area contributed by atoms with Gasteiger partial charge in [-0.05, 0) is 221 Å². The van der Waals surface area contributed by atoms with Crippen LogP contribution >= 0.6 is 0 Å². The Balaban J connectivity index is 0.000000108. The second kappa shape index (κ2) is 14.6. The molecule has 0 radical (unpaired) electrons. The maximum absolute atomic E-state index is 2.48. The van der Waals surface area contributed by atoms with Crippen LogP contribution in [0.25, 0.3) is 0 Å². The largest absolute Gasteiger partial charge is 0.0625 e. The highest BCUT2D eigenvalue weighted by atomic mass is 14.7. The second-order valence-corrected chi connectivity index (χ2v) is 22.8. The Hall–Kier alpha value is -0.780. The van der Waals surface area contributed by atoms with E-state index < -0.39 is 0 Å². The standard InChI is InChI=1S/C12H20.C12H16.C10H18.C9H16.C6H12/c1-9-3-11(4-9)7-12(8-11)5-10(2)6-12;1-9-3-5-12-8-10(2)4-6-11(12)7-9;1-9-3-6-10(2,7-4-9)8-5-9;1-7-3-9(4-7)5-8(2)6-9;1-5-3-6(2)4-5/h9-10H,3-8H2,1-2H3;3,5,7,10H,4,6,8H2,1-2H3;3-8H2,1-2H3;7-8H,3-6H2,1-2H3;5-6H,3-4H2,1-2H3. The molecule has 0 N–H and O–H groups in total. The maximum atomic E-state index is 2.48. The van der Waals surface area contributed by atoms with Crippen molar-refractivity contribution in [3.63, 3.8) is 0 Å². The van der Waals surface area contributed by atoms with Crippen molar-refractivity contribution in [1.82, 2.24) is 0 Å². The van der Waals surface area contributed by atoms with E-state index in [0.29, 0.717) is 0 Å². The van der Waals surface area contributed by atoms with Crippen molar-refractivity contribution in [3.8, 4) is 0 Å². The fourth-order valence-electron chi connectivity index (χ4n) is 14.1. The average molecular weight is 671 g/mol. The highest BCUT2D eigenvalue weighted by Crippen LogP contribution is 2.73. The van der Waals surface area contributed by atoms with Gasteiger partial charge in [-0.2, -0.15) is 0 Å². The van der Waals surface area contributed by atoms with Gasteiger partial charge in [0.25, 0.3) is 0 Å². The van der Waals surface area contributed by atoms with Crippen molar-refractivity contribution in [1.29, 1.82) is 0 Å². The van der Waals surface area contributed by atoms with Crippen LogP contribution in [-0.4, -0.2) is 0 Å². The molecule has 0 amide bonds. The lowest BCUT2D eigenvalue weighted by atomic mass is 9.37. The van der Waals surface area contributed by atoms with Crippen LogP contribution in [0, 0.1) is 75.4 Å². The highest BCUT2D eigenvalue weighted by molar-refractivity contribution is 5.33. The summed E-state index contributed by atoms with van der Waals surface area (Å²) in [5, 5.41) is 0. The Morgan fingerprint density at radius 2 is 0.857 bits per heavy atom. The van der Waals surface area contributed by atoms with Crippen molar-refractivity contribution in [2.75, 3.05) is 0 Å². The van der Waals surface area contributed by atoms with E-state index in [4.69, 9.17) is 0 Å². The van der Waals surface area contributed by atoms with Crippen LogP contribution in [0.4, 0.5) is 0 Å². The first kappa shape index (κ1) is 38.0. The summed E-state index contributed by atoms with van der Waals surface area (Å²) in [4.78, 5) is 0. The first-order valence-electron chi connectivity index (χ1n) is 22.1. The predicted octanol–water partition coefficient (Wildman–Crippen LogP) is 15.0. The van der Waals surface area contributed by atoms with E-state index in [1.165, 1.54) is 102 Å². The molecule has 0 heteroatoms. The molecule has 9 saturated carbocycles. The zero-order valence-corrected chi connectivity index (χ0v) is 34.6. The van der Waals surface area contributed by atoms with Gasteiger partial charge in [0.1, 0.15) is 0 Å². The zero-order valence-electron chi connectivity index (χ0n) is 34.6. The van der Waals surface area contributed by atoms with Gasteiger partial charge in [-0.1, -0.05) is 86.1 Å². The number of hydrogen-bond donors (Lipinski definition) is 0. The lowest BCUT2D eigenvalue weighted by Crippen LogP contribution is -2.57. The summed E-state index contributed by atoms with van der Waals surface area (Å²) in [5.41, 5.74) is 8.77. The normalized spacial score (nSPS) is 47.5. The van der Waals surface area contributed by atoms with Crippen molar-refractivity contribution < 1.29 is 0 Å². The fourth-order valence-corrected chi connectivity index (χ4v) is 14.1. The van der Waals surface area contributed by atoms with Gasteiger partial charge < -0.3 is 0 Å². The van der Waals surface area contributed by atoms with Crippen molar-refractivity contribution in [2.45, 2.75) is 204 Å². The monoisotopic (exact) mass is 671 g/mol. The van der Waals surface area contributed by atoms with Gasteiger partial charge in [0.05, 0.1) is 0 Å². The molecule has 0 heterocycles. The van der Waals surface area contributed by atoms with Gasteiger partial charge in [-0.3, -0.25) is 0 Å². The Kier molecular flexibility index (Phi) is 11.3. The summed E-state index contributed by atoms with van der Waals surface area (Å²) in [6, 6.07) is 6.89. The van der Waals surface area contributed by atoms with Crippen LogP contribution in [0.15, 0.2) is 18.2 Å². The molecule has 0 aliphatic heterocycles. The number of hydrogen-bond acceptors (Lipinski definition) is 0. The van der Waals surface area contributed by atoms with E-state index in [9.17, 15) is 0 Å². The van der Waals surface area contributed by atoms with E-state index in [-0.39, 0.29) is 0 Å². The van der Waals surface area contributed by atoms with Crippen molar-refractivity contribution >= 4 is 0 Å². The van der Waals surface area contributed by atoms with Crippen LogP contribution in [0.5, 0.6) is 0 Å². The SMILES string of the molecule is CC12CCC(C)(CC1)CC2.CC1CC(C)C1.CC1CC2(C1)CC(C)C2.CC1CC2(C1)CC1(CC(C)C1)C2.Cc1ccc2c(c1)CCC(C)C2. The summed E-state index contributed by atoms with van der Waals surface area (Å²) < 4.78 is 0. The van der Waals surface area contributed by atoms with Crippen molar-refractivity contribution in [3.05, 3.63) is 34.9 Å². The molecule has 0 aromatic heterocycles. The van der Waals surface area contributed by atoms with Crippen molar-refractivity contribution in [2.24, 2.45) is 68.5 Å². The van der Waals surface area contributed by atoms with Gasteiger partial charge in [-0.15, -0.1) is 0 Å². The molecule has 49 heavy (non-hydrogen) atoms. The topological polar surface area (TPSA) is 0 Å². The Morgan fingerprint density at radius 1 is 0.469 bits per heavy atom. The molecular weight excluding hydrogens is 589 g/mol. The lowest BCUT2D eigenvalue weighted by Gasteiger charge is -2.68. The highest BCUT2D eigenvalue weighted by Gasteiger charge is 2.62. The van der Waals surface area contributed by atoms with Gasteiger partial charge >= 0.3 is 0 Å². The molecule has 9 fully saturated rings. The van der Waals surface area contributed by atoms with Gasteiger partial charge in [0.15, 0.2) is 0 Å². The van der Waals surface area contributed by atoms with Crippen LogP contribution in [-0.2, 0) is 12.8 Å². The summed E-state index contributed by atoms with van der Waals surface area (Å²) in [5.74, 6) is 7.19. The molecule has 3 spiro atoms. The molecule has 11 rings (SSSR count). The van der Waals surface area contributed by atoms with Crippen LogP contribution in [0.2, 0.25) is 0 Å². The molecule has 1 aromatic carbocycles. The minimum atomic E-state index is 0.762. The molecule has 1 atom stereocenters. The molecule has 1 unspecified atom stereocenters. The Labute approximate surface area is 306 Å². The summed E-state index contributed by atoms with van der Waals surface area (Å²) in [6.07, 6.45) is 31.5. The third kappa shape index (κ3) is 9.24. The molecule has 278 valence electrons. The third-order valence-corrected chi connectivity index (χ3v) is 16.2. The van der Waals surface area contributed by atoms with Gasteiger partial charge in [0.2, 0.25) is 0 Å².